The summed E-state index contributed by atoms with van der Waals surface area (Å²) in [5.41, 5.74) is 11.5. The van der Waals surface area contributed by atoms with Gasteiger partial charge in [-0.25, -0.2) is 0 Å². The predicted molar refractivity (Wildman–Crippen MR) is 82.2 cm³/mol. The molecule has 1 heterocycles. The molecule has 1 aromatic heterocycles. The minimum atomic E-state index is 0.622. The summed E-state index contributed by atoms with van der Waals surface area (Å²) in [6.45, 7) is 0.622. The Morgan fingerprint density at radius 3 is 2.20 bits per heavy atom. The molecule has 0 aliphatic rings. The van der Waals surface area contributed by atoms with Gasteiger partial charge in [0.25, 0.3) is 0 Å². The molecule has 3 heteroatoms. The lowest BCUT2D eigenvalue weighted by atomic mass is 10.00. The highest BCUT2D eigenvalue weighted by molar-refractivity contribution is 5.71. The Bertz CT molecular complexity index is 669. The van der Waals surface area contributed by atoms with Gasteiger partial charge < -0.3 is 5.73 Å². The minimum Gasteiger partial charge on any atom is -0.330 e. The summed E-state index contributed by atoms with van der Waals surface area (Å²) in [6, 6.07) is 18.9. The van der Waals surface area contributed by atoms with Crippen molar-refractivity contribution < 1.29 is 0 Å². The zero-order chi connectivity index (χ0) is 13.8. The van der Waals surface area contributed by atoms with Crippen LogP contribution in [0.5, 0.6) is 0 Å². The quantitative estimate of drug-likeness (QED) is 0.759. The predicted octanol–water partition coefficient (Wildman–Crippen LogP) is 3.24. The van der Waals surface area contributed by atoms with E-state index < -0.39 is 0 Å². The van der Waals surface area contributed by atoms with Crippen LogP contribution in [0.15, 0.2) is 60.8 Å². The van der Waals surface area contributed by atoms with E-state index in [1.165, 1.54) is 16.7 Å². The van der Waals surface area contributed by atoms with Gasteiger partial charge in [0.05, 0.1) is 6.20 Å². The SMILES string of the molecule is NCCc1[nH]ncc1-c1ccc(-c2ccccc2)cc1. The van der Waals surface area contributed by atoms with Crippen LogP contribution in [0.3, 0.4) is 0 Å². The fraction of sp³-hybridized carbons (Fsp3) is 0.118. The fourth-order valence-corrected chi connectivity index (χ4v) is 2.37. The summed E-state index contributed by atoms with van der Waals surface area (Å²) in [6.07, 6.45) is 2.68. The molecule has 100 valence electrons. The number of nitrogens with two attached hydrogens (primary N) is 1. The molecular formula is C17H17N3. The van der Waals surface area contributed by atoms with Gasteiger partial charge in [0.1, 0.15) is 0 Å². The Morgan fingerprint density at radius 2 is 1.50 bits per heavy atom. The van der Waals surface area contributed by atoms with Gasteiger partial charge in [-0.05, 0) is 23.2 Å². The molecule has 0 unspecified atom stereocenters. The number of nitrogens with one attached hydrogen (secondary N) is 1. The largest absolute Gasteiger partial charge is 0.330 e. The molecule has 3 nitrogen and oxygen atoms in total. The van der Waals surface area contributed by atoms with Crippen LogP contribution in [0.4, 0.5) is 0 Å². The van der Waals surface area contributed by atoms with E-state index in [0.717, 1.165) is 17.7 Å². The van der Waals surface area contributed by atoms with Gasteiger partial charge in [0.15, 0.2) is 0 Å². The van der Waals surface area contributed by atoms with E-state index in [4.69, 9.17) is 5.73 Å². The van der Waals surface area contributed by atoms with Crippen molar-refractivity contribution in [3.63, 3.8) is 0 Å². The number of benzene rings is 2. The maximum atomic E-state index is 5.62. The van der Waals surface area contributed by atoms with E-state index in [9.17, 15) is 0 Å². The highest BCUT2D eigenvalue weighted by atomic mass is 15.1. The van der Waals surface area contributed by atoms with E-state index in [1.54, 1.807) is 0 Å². The van der Waals surface area contributed by atoms with E-state index in [1.807, 2.05) is 12.3 Å². The molecule has 3 aromatic rings. The van der Waals surface area contributed by atoms with Crippen LogP contribution in [0.25, 0.3) is 22.3 Å². The zero-order valence-electron chi connectivity index (χ0n) is 11.2. The molecule has 0 amide bonds. The first-order chi connectivity index (χ1) is 9.88. The van der Waals surface area contributed by atoms with Crippen molar-refractivity contribution in [2.24, 2.45) is 5.73 Å². The first-order valence-corrected chi connectivity index (χ1v) is 6.76. The van der Waals surface area contributed by atoms with Crippen LogP contribution in [0, 0.1) is 0 Å². The van der Waals surface area contributed by atoms with Crippen LogP contribution < -0.4 is 5.73 Å². The Labute approximate surface area is 118 Å². The molecule has 0 aliphatic carbocycles. The number of hydrogen-bond donors (Lipinski definition) is 2. The van der Waals surface area contributed by atoms with Gasteiger partial charge in [-0.2, -0.15) is 5.10 Å². The van der Waals surface area contributed by atoms with Gasteiger partial charge in [-0.15, -0.1) is 0 Å². The normalized spacial score (nSPS) is 10.7. The maximum absolute atomic E-state index is 5.62. The van der Waals surface area contributed by atoms with Crippen molar-refractivity contribution in [1.82, 2.24) is 10.2 Å². The van der Waals surface area contributed by atoms with Crippen molar-refractivity contribution in [3.8, 4) is 22.3 Å². The Morgan fingerprint density at radius 1 is 0.850 bits per heavy atom. The monoisotopic (exact) mass is 263 g/mol. The summed E-state index contributed by atoms with van der Waals surface area (Å²) in [7, 11) is 0. The minimum absolute atomic E-state index is 0.622. The molecule has 0 atom stereocenters. The third-order valence-corrected chi connectivity index (χ3v) is 3.42. The lowest BCUT2D eigenvalue weighted by Crippen LogP contribution is -2.03. The first-order valence-electron chi connectivity index (χ1n) is 6.76. The average Bonchev–Trinajstić information content (AvgIpc) is 2.97. The fourth-order valence-electron chi connectivity index (χ4n) is 2.37. The highest BCUT2D eigenvalue weighted by Gasteiger charge is 2.07. The third-order valence-electron chi connectivity index (χ3n) is 3.42. The van der Waals surface area contributed by atoms with Crippen molar-refractivity contribution in [1.29, 1.82) is 0 Å². The molecule has 3 N–H and O–H groups in total. The average molecular weight is 263 g/mol. The lowest BCUT2D eigenvalue weighted by Gasteiger charge is -2.05. The highest BCUT2D eigenvalue weighted by Crippen LogP contribution is 2.26. The number of rotatable bonds is 4. The molecular weight excluding hydrogens is 246 g/mol. The number of nitrogens with zero attached hydrogens (tertiary/aromatic N) is 1. The van der Waals surface area contributed by atoms with E-state index in [0.29, 0.717) is 6.54 Å². The summed E-state index contributed by atoms with van der Waals surface area (Å²) in [5, 5.41) is 7.14. The number of aromatic nitrogens is 2. The van der Waals surface area contributed by atoms with Crippen molar-refractivity contribution in [2.75, 3.05) is 6.54 Å². The third kappa shape index (κ3) is 2.49. The number of H-pyrrole nitrogens is 1. The number of aromatic amines is 1. The molecule has 20 heavy (non-hydrogen) atoms. The van der Waals surface area contributed by atoms with Crippen LogP contribution >= 0.6 is 0 Å². The second-order valence-electron chi connectivity index (χ2n) is 4.74. The first kappa shape index (κ1) is 12.6. The molecule has 0 spiro atoms. The van der Waals surface area contributed by atoms with Gasteiger partial charge in [0, 0.05) is 17.7 Å². The lowest BCUT2D eigenvalue weighted by molar-refractivity contribution is 0.902. The van der Waals surface area contributed by atoms with Gasteiger partial charge in [-0.3, -0.25) is 5.10 Å². The van der Waals surface area contributed by atoms with Crippen LogP contribution in [0.1, 0.15) is 5.69 Å². The molecule has 2 aromatic carbocycles. The van der Waals surface area contributed by atoms with Gasteiger partial charge >= 0.3 is 0 Å². The summed E-state index contributed by atoms with van der Waals surface area (Å²) >= 11 is 0. The molecule has 0 saturated heterocycles. The van der Waals surface area contributed by atoms with E-state index >= 15 is 0 Å². The van der Waals surface area contributed by atoms with Crippen molar-refractivity contribution in [2.45, 2.75) is 6.42 Å². The zero-order valence-corrected chi connectivity index (χ0v) is 11.2. The molecule has 0 fully saturated rings. The molecule has 0 radical (unpaired) electrons. The molecule has 0 saturated carbocycles. The summed E-state index contributed by atoms with van der Waals surface area (Å²) in [5.74, 6) is 0. The number of hydrogen-bond acceptors (Lipinski definition) is 2. The van der Waals surface area contributed by atoms with Gasteiger partial charge in [0.2, 0.25) is 0 Å². The van der Waals surface area contributed by atoms with E-state index in [-0.39, 0.29) is 0 Å². The van der Waals surface area contributed by atoms with Crippen LogP contribution in [0.2, 0.25) is 0 Å². The van der Waals surface area contributed by atoms with Crippen molar-refractivity contribution in [3.05, 3.63) is 66.5 Å². The van der Waals surface area contributed by atoms with E-state index in [2.05, 4.69) is 58.7 Å². The maximum Gasteiger partial charge on any atom is 0.0568 e. The Balaban J connectivity index is 1.91. The Hall–Kier alpha value is -2.39. The smallest absolute Gasteiger partial charge is 0.0568 e. The van der Waals surface area contributed by atoms with Crippen LogP contribution in [-0.4, -0.2) is 16.7 Å². The second-order valence-corrected chi connectivity index (χ2v) is 4.74. The van der Waals surface area contributed by atoms with Gasteiger partial charge in [-0.1, -0.05) is 54.6 Å². The molecule has 0 aliphatic heterocycles. The van der Waals surface area contributed by atoms with Crippen LogP contribution in [-0.2, 0) is 6.42 Å². The standard InChI is InChI=1S/C17H17N3/c18-11-10-17-16(12-19-20-17)15-8-6-14(7-9-15)13-4-2-1-3-5-13/h1-9,12H,10-11,18H2,(H,19,20). The molecule has 0 bridgehead atoms. The summed E-state index contributed by atoms with van der Waals surface area (Å²) in [4.78, 5) is 0. The topological polar surface area (TPSA) is 54.7 Å². The van der Waals surface area contributed by atoms with Crippen molar-refractivity contribution >= 4 is 0 Å². The Kier molecular flexibility index (Phi) is 3.61. The molecule has 3 rings (SSSR count). The summed E-state index contributed by atoms with van der Waals surface area (Å²) < 4.78 is 0. The second kappa shape index (κ2) is 5.72.